The summed E-state index contributed by atoms with van der Waals surface area (Å²) in [4.78, 5) is 16.0. The van der Waals surface area contributed by atoms with E-state index in [4.69, 9.17) is 9.94 Å². The first-order valence-corrected chi connectivity index (χ1v) is 5.93. The molecule has 0 unspecified atom stereocenters. The Morgan fingerprint density at radius 1 is 1.44 bits per heavy atom. The van der Waals surface area contributed by atoms with Crippen molar-refractivity contribution in [2.24, 2.45) is 5.16 Å². The number of rotatable bonds is 4. The number of hydrogen-bond acceptors (Lipinski definition) is 4. The molecule has 0 aromatic heterocycles. The van der Waals surface area contributed by atoms with Gasteiger partial charge in [-0.1, -0.05) is 35.5 Å². The molecule has 0 amide bonds. The van der Waals surface area contributed by atoms with Gasteiger partial charge < -0.3 is 9.94 Å². The molecule has 1 heterocycles. The van der Waals surface area contributed by atoms with Crippen LogP contribution < -0.4 is 5.32 Å². The summed E-state index contributed by atoms with van der Waals surface area (Å²) in [7, 11) is 0. The minimum atomic E-state index is -0.806. The van der Waals surface area contributed by atoms with Crippen molar-refractivity contribution in [2.45, 2.75) is 25.5 Å². The van der Waals surface area contributed by atoms with Crippen molar-refractivity contribution >= 4 is 11.7 Å². The SMILES string of the molecule is O=C(O)[C@@H]1CCC(=NOCc2ccccc2)CN1. The molecule has 1 atom stereocenters. The van der Waals surface area contributed by atoms with Crippen LogP contribution in [0.3, 0.4) is 0 Å². The normalized spacial score (nSPS) is 21.8. The van der Waals surface area contributed by atoms with E-state index in [1.807, 2.05) is 30.3 Å². The minimum absolute atomic E-state index is 0.437. The molecule has 18 heavy (non-hydrogen) atoms. The van der Waals surface area contributed by atoms with E-state index in [0.717, 1.165) is 11.3 Å². The van der Waals surface area contributed by atoms with Gasteiger partial charge in [0.2, 0.25) is 0 Å². The average molecular weight is 248 g/mol. The van der Waals surface area contributed by atoms with E-state index in [0.29, 0.717) is 26.0 Å². The van der Waals surface area contributed by atoms with Gasteiger partial charge in [-0.2, -0.15) is 0 Å². The molecule has 1 saturated heterocycles. The van der Waals surface area contributed by atoms with Gasteiger partial charge in [0.25, 0.3) is 0 Å². The van der Waals surface area contributed by atoms with Gasteiger partial charge >= 0.3 is 5.97 Å². The highest BCUT2D eigenvalue weighted by atomic mass is 16.6. The van der Waals surface area contributed by atoms with E-state index in [1.54, 1.807) is 0 Å². The number of piperidine rings is 1. The smallest absolute Gasteiger partial charge is 0.320 e. The lowest BCUT2D eigenvalue weighted by Crippen LogP contribution is -2.44. The van der Waals surface area contributed by atoms with E-state index < -0.39 is 12.0 Å². The number of oxime groups is 1. The Kier molecular flexibility index (Phi) is 4.30. The highest BCUT2D eigenvalue weighted by Crippen LogP contribution is 2.07. The van der Waals surface area contributed by atoms with Crippen molar-refractivity contribution in [2.75, 3.05) is 6.54 Å². The summed E-state index contributed by atoms with van der Waals surface area (Å²) in [5, 5.41) is 15.8. The number of aliphatic carboxylic acids is 1. The maximum atomic E-state index is 10.7. The number of benzene rings is 1. The minimum Gasteiger partial charge on any atom is -0.480 e. The Bertz CT molecular complexity index is 421. The van der Waals surface area contributed by atoms with Crippen LogP contribution in [0, 0.1) is 0 Å². The fourth-order valence-electron chi connectivity index (χ4n) is 1.80. The summed E-state index contributed by atoms with van der Waals surface area (Å²) in [6.07, 6.45) is 1.22. The van der Waals surface area contributed by atoms with Crippen LogP contribution in [-0.4, -0.2) is 29.4 Å². The Hall–Kier alpha value is -1.88. The third-order valence-electron chi connectivity index (χ3n) is 2.84. The van der Waals surface area contributed by atoms with Crippen LogP contribution in [0.4, 0.5) is 0 Å². The van der Waals surface area contributed by atoms with Crippen LogP contribution in [0.1, 0.15) is 18.4 Å². The van der Waals surface area contributed by atoms with Gasteiger partial charge in [0.1, 0.15) is 12.6 Å². The molecule has 5 nitrogen and oxygen atoms in total. The molecule has 1 aromatic carbocycles. The second kappa shape index (κ2) is 6.16. The molecule has 0 bridgehead atoms. The van der Waals surface area contributed by atoms with E-state index >= 15 is 0 Å². The third-order valence-corrected chi connectivity index (χ3v) is 2.84. The lowest BCUT2D eigenvalue weighted by Gasteiger charge is -2.20. The topological polar surface area (TPSA) is 70.9 Å². The van der Waals surface area contributed by atoms with Crippen LogP contribution in [-0.2, 0) is 16.2 Å². The molecule has 1 aliphatic heterocycles. The van der Waals surface area contributed by atoms with E-state index in [1.165, 1.54) is 0 Å². The zero-order valence-corrected chi connectivity index (χ0v) is 10.0. The molecule has 0 spiro atoms. The summed E-state index contributed by atoms with van der Waals surface area (Å²) in [5.41, 5.74) is 1.93. The predicted molar refractivity (Wildman–Crippen MR) is 67.3 cm³/mol. The lowest BCUT2D eigenvalue weighted by molar-refractivity contribution is -0.139. The number of carboxylic acid groups (broad SMARTS) is 1. The number of carbonyl (C=O) groups is 1. The van der Waals surface area contributed by atoms with Gasteiger partial charge in [0.05, 0.1) is 5.71 Å². The van der Waals surface area contributed by atoms with Gasteiger partial charge in [0, 0.05) is 6.54 Å². The Balaban J connectivity index is 1.76. The van der Waals surface area contributed by atoms with Crippen molar-refractivity contribution in [3.8, 4) is 0 Å². The van der Waals surface area contributed by atoms with E-state index in [9.17, 15) is 4.79 Å². The van der Waals surface area contributed by atoms with Gasteiger partial charge in [-0.15, -0.1) is 0 Å². The molecular formula is C13H16N2O3. The van der Waals surface area contributed by atoms with E-state index in [-0.39, 0.29) is 0 Å². The first-order chi connectivity index (χ1) is 8.75. The Morgan fingerprint density at radius 3 is 2.83 bits per heavy atom. The quantitative estimate of drug-likeness (QED) is 0.790. The second-order valence-electron chi connectivity index (χ2n) is 4.23. The Labute approximate surface area is 105 Å². The molecule has 96 valence electrons. The molecular weight excluding hydrogens is 232 g/mol. The van der Waals surface area contributed by atoms with Crippen molar-refractivity contribution < 1.29 is 14.7 Å². The standard InChI is InChI=1S/C13H16N2O3/c16-13(17)12-7-6-11(8-14-12)15-18-9-10-4-2-1-3-5-10/h1-5,12,14H,6-9H2,(H,16,17)/t12-/m0/s1. The van der Waals surface area contributed by atoms with Crippen molar-refractivity contribution in [3.05, 3.63) is 35.9 Å². The molecule has 1 fully saturated rings. The number of hydrogen-bond donors (Lipinski definition) is 2. The Morgan fingerprint density at radius 2 is 2.22 bits per heavy atom. The third kappa shape index (κ3) is 3.56. The largest absolute Gasteiger partial charge is 0.480 e. The van der Waals surface area contributed by atoms with Crippen LogP contribution in [0.15, 0.2) is 35.5 Å². The van der Waals surface area contributed by atoms with Crippen LogP contribution in [0.25, 0.3) is 0 Å². The monoisotopic (exact) mass is 248 g/mol. The second-order valence-corrected chi connectivity index (χ2v) is 4.23. The molecule has 2 rings (SSSR count). The zero-order valence-electron chi connectivity index (χ0n) is 10.0. The lowest BCUT2D eigenvalue weighted by atomic mass is 10.0. The van der Waals surface area contributed by atoms with Gasteiger partial charge in [-0.05, 0) is 18.4 Å². The highest BCUT2D eigenvalue weighted by molar-refractivity contribution is 5.88. The summed E-state index contributed by atoms with van der Waals surface area (Å²) in [6, 6.07) is 9.33. The summed E-state index contributed by atoms with van der Waals surface area (Å²) < 4.78 is 0. The first-order valence-electron chi connectivity index (χ1n) is 5.93. The van der Waals surface area contributed by atoms with Gasteiger partial charge in [0.15, 0.2) is 0 Å². The first kappa shape index (κ1) is 12.6. The number of nitrogens with zero attached hydrogens (tertiary/aromatic N) is 1. The fourth-order valence-corrected chi connectivity index (χ4v) is 1.80. The maximum Gasteiger partial charge on any atom is 0.320 e. The number of nitrogens with one attached hydrogen (secondary N) is 1. The van der Waals surface area contributed by atoms with Crippen molar-refractivity contribution in [1.82, 2.24) is 5.32 Å². The van der Waals surface area contributed by atoms with Crippen LogP contribution >= 0.6 is 0 Å². The summed E-state index contributed by atoms with van der Waals surface area (Å²) in [5.74, 6) is -0.806. The predicted octanol–water partition coefficient (Wildman–Crippen LogP) is 1.40. The maximum absolute atomic E-state index is 10.7. The summed E-state index contributed by atoms with van der Waals surface area (Å²) >= 11 is 0. The molecule has 2 N–H and O–H groups in total. The molecule has 1 aliphatic rings. The molecule has 0 saturated carbocycles. The van der Waals surface area contributed by atoms with E-state index in [2.05, 4.69) is 10.5 Å². The van der Waals surface area contributed by atoms with Crippen molar-refractivity contribution in [1.29, 1.82) is 0 Å². The van der Waals surface area contributed by atoms with Crippen molar-refractivity contribution in [3.63, 3.8) is 0 Å². The average Bonchev–Trinajstić information content (AvgIpc) is 2.40. The highest BCUT2D eigenvalue weighted by Gasteiger charge is 2.22. The zero-order chi connectivity index (χ0) is 12.8. The molecule has 5 heteroatoms. The van der Waals surface area contributed by atoms with Gasteiger partial charge in [-0.3, -0.25) is 10.1 Å². The fraction of sp³-hybridized carbons (Fsp3) is 0.385. The molecule has 0 radical (unpaired) electrons. The molecule has 1 aromatic rings. The molecule has 0 aliphatic carbocycles. The number of carboxylic acids is 1. The summed E-state index contributed by atoms with van der Waals surface area (Å²) in [6.45, 7) is 0.915. The van der Waals surface area contributed by atoms with Crippen LogP contribution in [0.5, 0.6) is 0 Å². The van der Waals surface area contributed by atoms with Gasteiger partial charge in [-0.25, -0.2) is 0 Å². The van der Waals surface area contributed by atoms with Crippen LogP contribution in [0.2, 0.25) is 0 Å².